The van der Waals surface area contributed by atoms with Gasteiger partial charge in [-0.1, -0.05) is 66.2 Å². The van der Waals surface area contributed by atoms with Gasteiger partial charge in [0.15, 0.2) is 0 Å². The average Bonchev–Trinajstić information content (AvgIpc) is 3.27. The molecule has 1 atom stereocenters. The van der Waals surface area contributed by atoms with Gasteiger partial charge in [-0.25, -0.2) is 8.42 Å². The first-order valence-corrected chi connectivity index (χ1v) is 12.3. The van der Waals surface area contributed by atoms with E-state index in [0.717, 1.165) is 16.7 Å². The lowest BCUT2D eigenvalue weighted by Crippen LogP contribution is -2.32. The van der Waals surface area contributed by atoms with Crippen molar-refractivity contribution in [1.82, 2.24) is 3.71 Å². The molecule has 2 aliphatic rings. The van der Waals surface area contributed by atoms with Crippen LogP contribution in [0.2, 0.25) is 0 Å². The molecule has 1 unspecified atom stereocenters. The van der Waals surface area contributed by atoms with E-state index in [1.807, 2.05) is 50.2 Å². The smallest absolute Gasteiger partial charge is 0.254 e. The molecule has 1 aliphatic carbocycles. The van der Waals surface area contributed by atoms with Crippen LogP contribution in [0.5, 0.6) is 0 Å². The van der Waals surface area contributed by atoms with E-state index in [2.05, 4.69) is 24.3 Å². The van der Waals surface area contributed by atoms with Crippen molar-refractivity contribution in [2.75, 3.05) is 6.61 Å². The van der Waals surface area contributed by atoms with Gasteiger partial charge in [-0.05, 0) is 60.2 Å². The van der Waals surface area contributed by atoms with Crippen LogP contribution in [0, 0.1) is 6.92 Å². The number of aryl methyl sites for hydroxylation is 1. The predicted octanol–water partition coefficient (Wildman–Crippen LogP) is 5.32. The number of rotatable bonds is 4. The highest BCUT2D eigenvalue weighted by atomic mass is 32.3. The fourth-order valence-electron chi connectivity index (χ4n) is 4.50. The van der Waals surface area contributed by atoms with Crippen LogP contribution in [0.1, 0.15) is 30.0 Å². The molecule has 3 aromatic rings. The summed E-state index contributed by atoms with van der Waals surface area (Å²) in [5, 5.41) is 0. The Morgan fingerprint density at radius 3 is 2.10 bits per heavy atom. The molecule has 0 amide bonds. The molecule has 6 heteroatoms. The molecule has 0 saturated carbocycles. The first kappa shape index (κ1) is 19.8. The van der Waals surface area contributed by atoms with Crippen LogP contribution in [-0.4, -0.2) is 25.0 Å². The summed E-state index contributed by atoms with van der Waals surface area (Å²) in [5.74, 6) is 0. The van der Waals surface area contributed by atoms with Gasteiger partial charge in [-0.3, -0.25) is 0 Å². The minimum Gasteiger partial charge on any atom is -0.361 e. The highest BCUT2D eigenvalue weighted by molar-refractivity contribution is 8.09. The molecule has 0 N–H and O–H groups in total. The second kappa shape index (κ2) is 7.24. The van der Waals surface area contributed by atoms with Crippen molar-refractivity contribution in [3.8, 4) is 11.1 Å². The predicted molar refractivity (Wildman–Crippen MR) is 120 cm³/mol. The van der Waals surface area contributed by atoms with Crippen molar-refractivity contribution in [3.63, 3.8) is 0 Å². The highest BCUT2D eigenvalue weighted by Gasteiger charge is 2.56. The van der Waals surface area contributed by atoms with E-state index in [0.29, 0.717) is 17.9 Å². The molecule has 0 radical (unpaired) electrons. The maximum atomic E-state index is 13.6. The molecule has 1 fully saturated rings. The monoisotopic (exact) mass is 437 g/mol. The molecule has 0 aromatic heterocycles. The second-order valence-electron chi connectivity index (χ2n) is 7.70. The molecule has 1 saturated heterocycles. The fraction of sp³-hybridized carbons (Fsp3) is 0.250. The van der Waals surface area contributed by atoms with Crippen LogP contribution in [-0.2, 0) is 19.5 Å². The van der Waals surface area contributed by atoms with Gasteiger partial charge < -0.3 is 4.74 Å². The zero-order valence-electron chi connectivity index (χ0n) is 16.9. The second-order valence-corrected chi connectivity index (χ2v) is 11.0. The molecule has 154 valence electrons. The van der Waals surface area contributed by atoms with E-state index >= 15 is 0 Å². The maximum absolute atomic E-state index is 13.6. The Balaban J connectivity index is 1.66. The third kappa shape index (κ3) is 2.86. The first-order chi connectivity index (χ1) is 14.5. The molecule has 1 aliphatic heterocycles. The number of ether oxygens (including phenoxy) is 1. The summed E-state index contributed by atoms with van der Waals surface area (Å²) in [6, 6.07) is 23.6. The summed E-state index contributed by atoms with van der Waals surface area (Å²) < 4.78 is 34.2. The van der Waals surface area contributed by atoms with Crippen molar-refractivity contribution in [1.29, 1.82) is 0 Å². The molecule has 0 bridgehead atoms. The third-order valence-electron chi connectivity index (χ3n) is 5.87. The highest BCUT2D eigenvalue weighted by Crippen LogP contribution is 2.63. The van der Waals surface area contributed by atoms with Crippen LogP contribution in [0.25, 0.3) is 11.1 Å². The number of nitrogens with zero attached hydrogens (tertiary/aromatic N) is 1. The Morgan fingerprint density at radius 2 is 1.53 bits per heavy atom. The summed E-state index contributed by atoms with van der Waals surface area (Å²) in [4.78, 5) is 0.293. The lowest BCUT2D eigenvalue weighted by Gasteiger charge is -2.25. The average molecular weight is 438 g/mol. The van der Waals surface area contributed by atoms with Gasteiger partial charge in [-0.15, -0.1) is 3.71 Å². The van der Waals surface area contributed by atoms with Crippen LogP contribution in [0.4, 0.5) is 0 Å². The van der Waals surface area contributed by atoms with Gasteiger partial charge in [0, 0.05) is 13.0 Å². The van der Waals surface area contributed by atoms with E-state index in [1.54, 1.807) is 12.1 Å². The molecule has 1 spiro atoms. The molecule has 4 nitrogen and oxygen atoms in total. The molecule has 3 aromatic carbocycles. The van der Waals surface area contributed by atoms with Gasteiger partial charge >= 0.3 is 0 Å². The fourth-order valence-corrected chi connectivity index (χ4v) is 8.00. The van der Waals surface area contributed by atoms with Gasteiger partial charge in [0.25, 0.3) is 10.0 Å². The first-order valence-electron chi connectivity index (χ1n) is 10.1. The van der Waals surface area contributed by atoms with Crippen LogP contribution >= 0.6 is 11.9 Å². The van der Waals surface area contributed by atoms with Crippen molar-refractivity contribution < 1.29 is 13.2 Å². The number of fused-ring (bicyclic) bond motifs is 5. The Morgan fingerprint density at radius 1 is 0.967 bits per heavy atom. The molecule has 1 heterocycles. The Hall–Kier alpha value is -2.12. The Bertz CT molecular complexity index is 1160. The van der Waals surface area contributed by atoms with E-state index < -0.39 is 21.0 Å². The zero-order chi connectivity index (χ0) is 20.9. The van der Waals surface area contributed by atoms with Gasteiger partial charge in [0.2, 0.25) is 0 Å². The van der Waals surface area contributed by atoms with Crippen LogP contribution < -0.4 is 0 Å². The molecule has 30 heavy (non-hydrogen) atoms. The van der Waals surface area contributed by atoms with E-state index in [-0.39, 0.29) is 0 Å². The topological polar surface area (TPSA) is 46.6 Å². The minimum atomic E-state index is -3.72. The normalized spacial score (nSPS) is 19.7. The SMILES string of the molecule is CCOC1CC2(SN1S(=O)(=O)c1ccc(C)cc1)c1ccccc1-c1ccccc12. The molecule has 5 rings (SSSR count). The Labute approximate surface area is 182 Å². The zero-order valence-corrected chi connectivity index (χ0v) is 18.5. The number of hydrogen-bond acceptors (Lipinski definition) is 4. The quantitative estimate of drug-likeness (QED) is 0.518. The number of hydrogen-bond donors (Lipinski definition) is 0. The van der Waals surface area contributed by atoms with E-state index in [4.69, 9.17) is 4.74 Å². The van der Waals surface area contributed by atoms with E-state index in [9.17, 15) is 8.42 Å². The summed E-state index contributed by atoms with van der Waals surface area (Å²) in [6.07, 6.45) is 0.0375. The van der Waals surface area contributed by atoms with Gasteiger partial charge in [-0.2, -0.15) is 0 Å². The van der Waals surface area contributed by atoms with Crippen molar-refractivity contribution in [3.05, 3.63) is 89.5 Å². The minimum absolute atomic E-state index is 0.293. The van der Waals surface area contributed by atoms with Crippen molar-refractivity contribution in [2.45, 2.75) is 36.1 Å². The molecular formula is C24H23NO3S2. The van der Waals surface area contributed by atoms with Gasteiger partial charge in [0.1, 0.15) is 6.23 Å². The summed E-state index contributed by atoms with van der Waals surface area (Å²) in [5.41, 5.74) is 5.68. The third-order valence-corrected chi connectivity index (χ3v) is 9.59. The van der Waals surface area contributed by atoms with Crippen molar-refractivity contribution in [2.24, 2.45) is 0 Å². The summed E-state index contributed by atoms with van der Waals surface area (Å²) >= 11 is 1.38. The van der Waals surface area contributed by atoms with Crippen LogP contribution in [0.15, 0.2) is 77.7 Å². The summed E-state index contributed by atoms with van der Waals surface area (Å²) in [6.45, 7) is 4.30. The van der Waals surface area contributed by atoms with Crippen molar-refractivity contribution >= 4 is 22.0 Å². The standard InChI is InChI=1S/C24H23NO3S2/c1-3-28-23-16-24(29-25(23)30(26,27)18-14-12-17(2)13-15-18)21-10-6-4-8-19(21)20-9-5-7-11-22(20)24/h4-15,23H,3,16H2,1-2H3. The maximum Gasteiger partial charge on any atom is 0.254 e. The number of benzene rings is 3. The molecular weight excluding hydrogens is 414 g/mol. The van der Waals surface area contributed by atoms with E-state index in [1.165, 1.54) is 26.8 Å². The largest absolute Gasteiger partial charge is 0.361 e. The number of sulfonamides is 1. The Kier molecular flexibility index (Phi) is 4.78. The summed E-state index contributed by atoms with van der Waals surface area (Å²) in [7, 11) is -3.72. The lowest BCUT2D eigenvalue weighted by molar-refractivity contribution is 0.0211. The van der Waals surface area contributed by atoms with Crippen LogP contribution in [0.3, 0.4) is 0 Å². The van der Waals surface area contributed by atoms with Gasteiger partial charge in [0.05, 0.1) is 9.64 Å². The lowest BCUT2D eigenvalue weighted by atomic mass is 9.92.